The van der Waals surface area contributed by atoms with Gasteiger partial charge in [-0.1, -0.05) is 18.2 Å². The monoisotopic (exact) mass is 437 g/mol. The number of thiazole rings is 1. The Balaban J connectivity index is 1.36. The first-order valence-electron chi connectivity index (χ1n) is 9.66. The second kappa shape index (κ2) is 8.65. The molecule has 158 valence electrons. The molecule has 0 aliphatic carbocycles. The number of halogens is 1. The average Bonchev–Trinajstić information content (AvgIpc) is 3.32. The highest BCUT2D eigenvalue weighted by molar-refractivity contribution is 7.15. The summed E-state index contributed by atoms with van der Waals surface area (Å²) >= 11 is 1.41. The Morgan fingerprint density at radius 2 is 1.94 bits per heavy atom. The Morgan fingerprint density at radius 1 is 1.10 bits per heavy atom. The van der Waals surface area contributed by atoms with Crippen molar-refractivity contribution in [3.05, 3.63) is 70.5 Å². The Hall–Kier alpha value is -3.59. The van der Waals surface area contributed by atoms with Crippen molar-refractivity contribution < 1.29 is 14.0 Å². The van der Waals surface area contributed by atoms with Gasteiger partial charge in [-0.2, -0.15) is 4.98 Å². The number of rotatable bonds is 5. The van der Waals surface area contributed by atoms with E-state index in [2.05, 4.69) is 20.7 Å². The van der Waals surface area contributed by atoms with Crippen molar-refractivity contribution in [1.29, 1.82) is 0 Å². The van der Waals surface area contributed by atoms with Crippen LogP contribution in [0.5, 0.6) is 0 Å². The van der Waals surface area contributed by atoms with Crippen LogP contribution in [0.15, 0.2) is 47.8 Å². The number of anilines is 1. The van der Waals surface area contributed by atoms with Gasteiger partial charge in [-0.3, -0.25) is 9.59 Å². The van der Waals surface area contributed by atoms with Gasteiger partial charge in [0.2, 0.25) is 4.96 Å². The van der Waals surface area contributed by atoms with Crippen molar-refractivity contribution >= 4 is 33.8 Å². The van der Waals surface area contributed by atoms with E-state index in [0.29, 0.717) is 28.5 Å². The Bertz CT molecular complexity index is 1280. The van der Waals surface area contributed by atoms with Crippen LogP contribution in [0.4, 0.5) is 10.1 Å². The van der Waals surface area contributed by atoms with Crippen molar-refractivity contribution in [3.63, 3.8) is 0 Å². The van der Waals surface area contributed by atoms with E-state index in [1.807, 2.05) is 31.4 Å². The van der Waals surface area contributed by atoms with Crippen molar-refractivity contribution in [2.75, 3.05) is 11.9 Å². The summed E-state index contributed by atoms with van der Waals surface area (Å²) < 4.78 is 15.1. The lowest BCUT2D eigenvalue weighted by atomic mass is 10.1. The standard InChI is InChI=1S/C22H20FN5O2S/c1-13-6-7-17(10-14(13)2)25-21(30)20(29)24-9-8-18-12-31-22-26-19(27-28(18)22)15-4-3-5-16(23)11-15/h3-7,10-12H,8-9H2,1-2H3,(H,24,29)(H,25,30). The van der Waals surface area contributed by atoms with E-state index < -0.39 is 11.8 Å². The number of amides is 2. The van der Waals surface area contributed by atoms with Crippen LogP contribution in [0.2, 0.25) is 0 Å². The van der Waals surface area contributed by atoms with E-state index in [1.54, 1.807) is 22.7 Å². The quantitative estimate of drug-likeness (QED) is 0.468. The normalized spacial score (nSPS) is 10.9. The van der Waals surface area contributed by atoms with Gasteiger partial charge in [0.25, 0.3) is 0 Å². The van der Waals surface area contributed by atoms with Crippen LogP contribution in [0.1, 0.15) is 16.8 Å². The molecule has 0 aliphatic rings. The molecule has 2 aromatic carbocycles. The van der Waals surface area contributed by atoms with Crippen LogP contribution < -0.4 is 10.6 Å². The maximum atomic E-state index is 13.5. The van der Waals surface area contributed by atoms with Crippen molar-refractivity contribution in [3.8, 4) is 11.4 Å². The molecule has 9 heteroatoms. The molecule has 0 spiro atoms. The zero-order chi connectivity index (χ0) is 22.0. The van der Waals surface area contributed by atoms with E-state index >= 15 is 0 Å². The SMILES string of the molecule is Cc1ccc(NC(=O)C(=O)NCCc2csc3nc(-c4cccc(F)c4)nn23)cc1C. The van der Waals surface area contributed by atoms with Gasteiger partial charge >= 0.3 is 11.8 Å². The van der Waals surface area contributed by atoms with Gasteiger partial charge in [0.15, 0.2) is 5.82 Å². The average molecular weight is 438 g/mol. The molecule has 0 fully saturated rings. The van der Waals surface area contributed by atoms with E-state index in [4.69, 9.17) is 0 Å². The van der Waals surface area contributed by atoms with Gasteiger partial charge in [0.05, 0.1) is 5.69 Å². The minimum absolute atomic E-state index is 0.264. The fourth-order valence-electron chi connectivity index (χ4n) is 3.04. The smallest absolute Gasteiger partial charge is 0.313 e. The van der Waals surface area contributed by atoms with Crippen molar-refractivity contribution in [1.82, 2.24) is 19.9 Å². The third-order valence-electron chi connectivity index (χ3n) is 4.87. The van der Waals surface area contributed by atoms with E-state index in [1.165, 1.54) is 23.5 Å². The first-order valence-corrected chi connectivity index (χ1v) is 10.5. The zero-order valence-corrected chi connectivity index (χ0v) is 17.8. The second-order valence-corrected chi connectivity index (χ2v) is 7.96. The first kappa shape index (κ1) is 20.7. The molecule has 2 heterocycles. The number of carbonyl (C=O) groups is 2. The van der Waals surface area contributed by atoms with Crippen LogP contribution in [-0.4, -0.2) is 33.0 Å². The lowest BCUT2D eigenvalue weighted by Crippen LogP contribution is -2.36. The van der Waals surface area contributed by atoms with Gasteiger partial charge < -0.3 is 10.6 Å². The van der Waals surface area contributed by atoms with Gasteiger partial charge in [0.1, 0.15) is 5.82 Å². The molecule has 2 amide bonds. The Kier molecular flexibility index (Phi) is 5.77. The van der Waals surface area contributed by atoms with E-state index in [-0.39, 0.29) is 12.4 Å². The summed E-state index contributed by atoms with van der Waals surface area (Å²) in [5, 5.41) is 11.6. The fraction of sp³-hybridized carbons (Fsp3) is 0.182. The highest BCUT2D eigenvalue weighted by Crippen LogP contribution is 2.21. The lowest BCUT2D eigenvalue weighted by molar-refractivity contribution is -0.136. The molecule has 0 saturated carbocycles. The summed E-state index contributed by atoms with van der Waals surface area (Å²) in [6.07, 6.45) is 0.467. The Labute approximate surface area is 181 Å². The third-order valence-corrected chi connectivity index (χ3v) is 5.74. The number of benzene rings is 2. The van der Waals surface area contributed by atoms with E-state index in [9.17, 15) is 14.0 Å². The molecule has 4 aromatic rings. The van der Waals surface area contributed by atoms with Crippen LogP contribution >= 0.6 is 11.3 Å². The van der Waals surface area contributed by atoms with Crippen LogP contribution in [0.25, 0.3) is 16.3 Å². The van der Waals surface area contributed by atoms with Crippen molar-refractivity contribution in [2.24, 2.45) is 0 Å². The molecule has 31 heavy (non-hydrogen) atoms. The number of nitrogens with zero attached hydrogens (tertiary/aromatic N) is 3. The summed E-state index contributed by atoms with van der Waals surface area (Å²) in [6, 6.07) is 11.6. The lowest BCUT2D eigenvalue weighted by Gasteiger charge is -2.08. The minimum atomic E-state index is -0.715. The van der Waals surface area contributed by atoms with Gasteiger partial charge in [-0.15, -0.1) is 16.4 Å². The van der Waals surface area contributed by atoms with E-state index in [0.717, 1.165) is 16.8 Å². The summed E-state index contributed by atoms with van der Waals surface area (Å²) in [4.78, 5) is 29.3. The maximum Gasteiger partial charge on any atom is 0.313 e. The largest absolute Gasteiger partial charge is 0.347 e. The topological polar surface area (TPSA) is 88.4 Å². The molecule has 0 aliphatic heterocycles. The molecule has 4 rings (SSSR count). The fourth-order valence-corrected chi connectivity index (χ4v) is 3.89. The summed E-state index contributed by atoms with van der Waals surface area (Å²) in [5.41, 5.74) is 4.15. The molecule has 2 aromatic heterocycles. The summed E-state index contributed by atoms with van der Waals surface area (Å²) in [5.74, 6) is -1.33. The number of aryl methyl sites for hydroxylation is 2. The summed E-state index contributed by atoms with van der Waals surface area (Å²) in [6.45, 7) is 4.18. The molecule has 0 bridgehead atoms. The van der Waals surface area contributed by atoms with Gasteiger partial charge in [-0.05, 0) is 49.2 Å². The van der Waals surface area contributed by atoms with Gasteiger partial charge in [-0.25, -0.2) is 8.91 Å². The summed E-state index contributed by atoms with van der Waals surface area (Å²) in [7, 11) is 0. The molecule has 0 radical (unpaired) electrons. The minimum Gasteiger partial charge on any atom is -0.347 e. The number of hydrogen-bond acceptors (Lipinski definition) is 5. The number of carbonyl (C=O) groups excluding carboxylic acids is 2. The highest BCUT2D eigenvalue weighted by Gasteiger charge is 2.15. The van der Waals surface area contributed by atoms with Crippen LogP contribution in [0, 0.1) is 19.7 Å². The molecular formula is C22H20FN5O2S. The second-order valence-electron chi connectivity index (χ2n) is 7.13. The Morgan fingerprint density at radius 3 is 2.71 bits per heavy atom. The third kappa shape index (κ3) is 4.61. The molecule has 0 atom stereocenters. The maximum absolute atomic E-state index is 13.5. The predicted octanol–water partition coefficient (Wildman–Crippen LogP) is 3.51. The molecule has 0 saturated heterocycles. The number of nitrogens with one attached hydrogen (secondary N) is 2. The number of fused-ring (bicyclic) bond motifs is 1. The van der Waals surface area contributed by atoms with Gasteiger partial charge in [0, 0.05) is 29.6 Å². The molecular weight excluding hydrogens is 417 g/mol. The van der Waals surface area contributed by atoms with Crippen LogP contribution in [-0.2, 0) is 16.0 Å². The van der Waals surface area contributed by atoms with Crippen LogP contribution in [0.3, 0.4) is 0 Å². The molecule has 2 N–H and O–H groups in total. The predicted molar refractivity (Wildman–Crippen MR) is 118 cm³/mol. The molecule has 7 nitrogen and oxygen atoms in total. The highest BCUT2D eigenvalue weighted by atomic mass is 32.1. The number of aromatic nitrogens is 3. The first-order chi connectivity index (χ1) is 14.9. The van der Waals surface area contributed by atoms with Crippen molar-refractivity contribution in [2.45, 2.75) is 20.3 Å². The molecule has 0 unspecified atom stereocenters. The number of hydrogen-bond donors (Lipinski definition) is 2. The zero-order valence-electron chi connectivity index (χ0n) is 17.0.